The summed E-state index contributed by atoms with van der Waals surface area (Å²) in [5.41, 5.74) is 0.0800. The lowest BCUT2D eigenvalue weighted by molar-refractivity contribution is 0.137. The number of nitriles is 1. The van der Waals surface area contributed by atoms with Crippen LogP contribution in [0.15, 0.2) is 0 Å². The van der Waals surface area contributed by atoms with Gasteiger partial charge in [-0.1, -0.05) is 6.92 Å². The van der Waals surface area contributed by atoms with Gasteiger partial charge in [0.2, 0.25) is 0 Å². The summed E-state index contributed by atoms with van der Waals surface area (Å²) in [4.78, 5) is 0. The number of hydrogen-bond acceptors (Lipinski definition) is 2. The molecule has 10 heavy (non-hydrogen) atoms. The van der Waals surface area contributed by atoms with Gasteiger partial charge in [0.25, 0.3) is 0 Å². The second kappa shape index (κ2) is 3.74. The first-order valence-corrected chi connectivity index (χ1v) is 4.88. The standard InChI is InChI=1S/C7H15NOSi/c1-6(5-8)10-9-7(2,3)4/h6H,10H2,1-4H3. The van der Waals surface area contributed by atoms with Gasteiger partial charge in [-0.25, -0.2) is 0 Å². The Labute approximate surface area is 65.1 Å². The van der Waals surface area contributed by atoms with Gasteiger partial charge in [-0.2, -0.15) is 5.26 Å². The Kier molecular flexibility index (Phi) is 3.62. The highest BCUT2D eigenvalue weighted by Gasteiger charge is 2.11. The topological polar surface area (TPSA) is 33.0 Å². The third-order valence-electron chi connectivity index (χ3n) is 0.987. The van der Waals surface area contributed by atoms with Gasteiger partial charge in [0.1, 0.15) is 0 Å². The lowest BCUT2D eigenvalue weighted by atomic mass is 10.2. The lowest BCUT2D eigenvalue weighted by Gasteiger charge is -2.20. The van der Waals surface area contributed by atoms with Gasteiger partial charge in [-0.05, 0) is 20.8 Å². The molecule has 3 heteroatoms. The molecule has 0 aliphatic heterocycles. The third kappa shape index (κ3) is 5.80. The maximum absolute atomic E-state index is 8.44. The van der Waals surface area contributed by atoms with E-state index in [1.165, 1.54) is 0 Å². The monoisotopic (exact) mass is 157 g/mol. The van der Waals surface area contributed by atoms with E-state index in [2.05, 4.69) is 6.07 Å². The van der Waals surface area contributed by atoms with Crippen LogP contribution in [-0.4, -0.2) is 15.4 Å². The molecule has 0 fully saturated rings. The molecule has 0 radical (unpaired) electrons. The van der Waals surface area contributed by atoms with E-state index in [1.807, 2.05) is 27.7 Å². The first-order valence-electron chi connectivity index (χ1n) is 3.49. The minimum Gasteiger partial charge on any atom is -0.418 e. The summed E-state index contributed by atoms with van der Waals surface area (Å²) in [6.07, 6.45) is 0. The molecule has 0 aliphatic rings. The molecular weight excluding hydrogens is 142 g/mol. The van der Waals surface area contributed by atoms with Gasteiger partial charge in [0, 0.05) is 5.60 Å². The van der Waals surface area contributed by atoms with Gasteiger partial charge in [0.05, 0.1) is 11.6 Å². The van der Waals surface area contributed by atoms with Gasteiger partial charge in [0.15, 0.2) is 9.76 Å². The fraction of sp³-hybridized carbons (Fsp3) is 0.857. The molecule has 0 saturated carbocycles. The summed E-state index contributed by atoms with van der Waals surface area (Å²) in [5, 5.41) is 8.44. The number of rotatable bonds is 2. The summed E-state index contributed by atoms with van der Waals surface area (Å²) in [7, 11) is -0.630. The molecule has 0 rings (SSSR count). The summed E-state index contributed by atoms with van der Waals surface area (Å²) in [5.74, 6) is 0. The van der Waals surface area contributed by atoms with Crippen molar-refractivity contribution in [2.24, 2.45) is 0 Å². The van der Waals surface area contributed by atoms with Crippen molar-refractivity contribution in [1.82, 2.24) is 0 Å². The quantitative estimate of drug-likeness (QED) is 0.565. The smallest absolute Gasteiger partial charge is 0.178 e. The van der Waals surface area contributed by atoms with Crippen LogP contribution in [0, 0.1) is 11.3 Å². The molecule has 0 amide bonds. The van der Waals surface area contributed by atoms with E-state index in [0.29, 0.717) is 0 Å². The van der Waals surface area contributed by atoms with Crippen molar-refractivity contribution in [2.75, 3.05) is 0 Å². The highest BCUT2D eigenvalue weighted by atomic mass is 28.2. The van der Waals surface area contributed by atoms with Crippen LogP contribution in [0.2, 0.25) is 5.54 Å². The minimum absolute atomic E-state index is 0.0582. The second-order valence-electron chi connectivity index (χ2n) is 3.45. The average molecular weight is 157 g/mol. The van der Waals surface area contributed by atoms with Crippen LogP contribution in [0.5, 0.6) is 0 Å². The number of hydrogen-bond donors (Lipinski definition) is 0. The third-order valence-corrected chi connectivity index (χ3v) is 2.70. The largest absolute Gasteiger partial charge is 0.418 e. The minimum atomic E-state index is -0.630. The van der Waals surface area contributed by atoms with E-state index < -0.39 is 9.76 Å². The van der Waals surface area contributed by atoms with Crippen molar-refractivity contribution in [3.05, 3.63) is 0 Å². The Balaban J connectivity index is 3.48. The zero-order valence-corrected chi connectivity index (χ0v) is 8.55. The van der Waals surface area contributed by atoms with Crippen LogP contribution in [-0.2, 0) is 4.43 Å². The van der Waals surface area contributed by atoms with Crippen molar-refractivity contribution >= 4 is 9.76 Å². The van der Waals surface area contributed by atoms with Crippen LogP contribution in [0.25, 0.3) is 0 Å². The Hall–Kier alpha value is -0.333. The summed E-state index contributed by atoms with van der Waals surface area (Å²) >= 11 is 0. The van der Waals surface area contributed by atoms with E-state index in [1.54, 1.807) is 0 Å². The van der Waals surface area contributed by atoms with Gasteiger partial charge < -0.3 is 4.43 Å². The highest BCUT2D eigenvalue weighted by molar-refractivity contribution is 6.30. The van der Waals surface area contributed by atoms with Crippen molar-refractivity contribution in [2.45, 2.75) is 38.8 Å². The summed E-state index contributed by atoms with van der Waals surface area (Å²) < 4.78 is 5.50. The molecule has 1 unspecified atom stereocenters. The molecule has 0 aromatic rings. The fourth-order valence-corrected chi connectivity index (χ4v) is 1.24. The molecule has 2 nitrogen and oxygen atoms in total. The SMILES string of the molecule is CC(C#N)[SiH2]OC(C)(C)C. The van der Waals surface area contributed by atoms with E-state index in [0.717, 1.165) is 0 Å². The molecule has 0 N–H and O–H groups in total. The lowest BCUT2D eigenvalue weighted by Crippen LogP contribution is -2.23. The summed E-state index contributed by atoms with van der Waals surface area (Å²) in [6, 6.07) is 2.17. The Morgan fingerprint density at radius 1 is 1.50 bits per heavy atom. The van der Waals surface area contributed by atoms with Crippen LogP contribution >= 0.6 is 0 Å². The van der Waals surface area contributed by atoms with Gasteiger partial charge in [-0.3, -0.25) is 0 Å². The Morgan fingerprint density at radius 3 is 2.30 bits per heavy atom. The van der Waals surface area contributed by atoms with E-state index in [9.17, 15) is 0 Å². The number of nitrogens with zero attached hydrogens (tertiary/aromatic N) is 1. The fourth-order valence-electron chi connectivity index (χ4n) is 0.412. The van der Waals surface area contributed by atoms with Crippen LogP contribution in [0.4, 0.5) is 0 Å². The molecule has 0 bridgehead atoms. The molecular formula is C7H15NOSi. The van der Waals surface area contributed by atoms with Crippen LogP contribution < -0.4 is 0 Å². The molecule has 58 valence electrons. The Morgan fingerprint density at radius 2 is 2.00 bits per heavy atom. The molecule has 0 aromatic carbocycles. The van der Waals surface area contributed by atoms with Crippen molar-refractivity contribution in [3.8, 4) is 6.07 Å². The summed E-state index contributed by atoms with van der Waals surface area (Å²) in [6.45, 7) is 7.97. The predicted octanol–water partition coefficient (Wildman–Crippen LogP) is 1.22. The predicted molar refractivity (Wildman–Crippen MR) is 44.4 cm³/mol. The van der Waals surface area contributed by atoms with E-state index in [-0.39, 0.29) is 11.1 Å². The molecule has 0 aliphatic carbocycles. The van der Waals surface area contributed by atoms with Crippen LogP contribution in [0.1, 0.15) is 27.7 Å². The molecule has 0 aromatic heterocycles. The zero-order valence-electron chi connectivity index (χ0n) is 7.14. The van der Waals surface area contributed by atoms with Gasteiger partial charge >= 0.3 is 0 Å². The zero-order chi connectivity index (χ0) is 8.20. The molecule has 0 saturated heterocycles. The van der Waals surface area contributed by atoms with Crippen molar-refractivity contribution < 1.29 is 4.43 Å². The normalized spacial score (nSPS) is 15.5. The van der Waals surface area contributed by atoms with Crippen molar-refractivity contribution in [3.63, 3.8) is 0 Å². The second-order valence-corrected chi connectivity index (χ2v) is 5.30. The van der Waals surface area contributed by atoms with Gasteiger partial charge in [-0.15, -0.1) is 0 Å². The first-order chi connectivity index (χ1) is 4.45. The Bertz CT molecular complexity index is 134. The average Bonchev–Trinajstić information content (AvgIpc) is 1.81. The maximum atomic E-state index is 8.44. The molecule has 0 spiro atoms. The molecule has 1 atom stereocenters. The highest BCUT2D eigenvalue weighted by Crippen LogP contribution is 2.09. The van der Waals surface area contributed by atoms with Crippen LogP contribution in [0.3, 0.4) is 0 Å². The molecule has 0 heterocycles. The first kappa shape index (κ1) is 9.67. The van der Waals surface area contributed by atoms with E-state index >= 15 is 0 Å². The van der Waals surface area contributed by atoms with Crippen molar-refractivity contribution in [1.29, 1.82) is 5.26 Å². The maximum Gasteiger partial charge on any atom is 0.178 e. The van der Waals surface area contributed by atoms with E-state index in [4.69, 9.17) is 9.69 Å².